The van der Waals surface area contributed by atoms with Crippen LogP contribution in [-0.2, 0) is 20.6 Å². The number of carbonyl (C=O) groups excluding carboxylic acids is 2. The average Bonchev–Trinajstić information content (AvgIpc) is 3.20. The average molecular weight is 470 g/mol. The first-order valence-electron chi connectivity index (χ1n) is 11.0. The number of nitrogens with zero attached hydrogens (tertiary/aromatic N) is 4. The van der Waals surface area contributed by atoms with Gasteiger partial charge in [-0.15, -0.1) is 4.31 Å². The van der Waals surface area contributed by atoms with Gasteiger partial charge in [0.2, 0.25) is 16.5 Å². The number of fused-ring (bicyclic) bond motifs is 3. The minimum atomic E-state index is -1.26. The second-order valence-electron chi connectivity index (χ2n) is 8.95. The number of rotatable bonds is 4. The number of aromatic amines is 1. The van der Waals surface area contributed by atoms with E-state index in [2.05, 4.69) is 24.8 Å². The Morgan fingerprint density at radius 1 is 1.33 bits per heavy atom. The Balaban J connectivity index is 1.48. The molecule has 33 heavy (non-hydrogen) atoms. The van der Waals surface area contributed by atoms with Crippen LogP contribution in [0.4, 0.5) is 10.1 Å². The van der Waals surface area contributed by atoms with Crippen LogP contribution in [0.2, 0.25) is 0 Å². The second kappa shape index (κ2) is 7.62. The van der Waals surface area contributed by atoms with E-state index in [9.17, 15) is 14.9 Å². The summed E-state index contributed by atoms with van der Waals surface area (Å²) in [5.74, 6) is -0.932. The number of halogens is 1. The molecular formula is C22H22FN6O3S+. The fourth-order valence-corrected chi connectivity index (χ4v) is 8.41. The van der Waals surface area contributed by atoms with E-state index in [1.807, 2.05) is 6.07 Å². The minimum absolute atomic E-state index is 0.0228. The normalized spacial score (nSPS) is 31.2. The Labute approximate surface area is 192 Å². The van der Waals surface area contributed by atoms with E-state index in [-0.39, 0.29) is 22.8 Å². The smallest absolute Gasteiger partial charge is 0.250 e. The monoisotopic (exact) mass is 469 g/mol. The number of carbonyl (C=O) groups is 2. The number of hydrogen-bond acceptors (Lipinski definition) is 8. The summed E-state index contributed by atoms with van der Waals surface area (Å²) in [4.78, 5) is 29.9. The van der Waals surface area contributed by atoms with Gasteiger partial charge in [-0.05, 0) is 31.2 Å². The summed E-state index contributed by atoms with van der Waals surface area (Å²) < 4.78 is 24.0. The van der Waals surface area contributed by atoms with E-state index < -0.39 is 34.5 Å². The maximum atomic E-state index is 15.7. The van der Waals surface area contributed by atoms with Crippen molar-refractivity contribution >= 4 is 28.3 Å². The van der Waals surface area contributed by atoms with Crippen LogP contribution in [0.15, 0.2) is 17.3 Å². The van der Waals surface area contributed by atoms with E-state index in [0.29, 0.717) is 28.6 Å². The number of H-pyrrole nitrogens is 1. The number of nitrogens with one attached hydrogen (secondary N) is 2. The van der Waals surface area contributed by atoms with E-state index in [0.717, 1.165) is 31.6 Å². The van der Waals surface area contributed by atoms with Gasteiger partial charge >= 0.3 is 0 Å². The first-order valence-corrected chi connectivity index (χ1v) is 12.2. The highest BCUT2D eigenvalue weighted by Gasteiger charge is 2.62. The predicted molar refractivity (Wildman–Crippen MR) is 116 cm³/mol. The fourth-order valence-electron chi connectivity index (χ4n) is 5.44. The minimum Gasteiger partial charge on any atom is -0.362 e. The van der Waals surface area contributed by atoms with Gasteiger partial charge in [-0.25, -0.2) is 9.37 Å². The topological polar surface area (TPSA) is 124 Å². The third kappa shape index (κ3) is 3.04. The summed E-state index contributed by atoms with van der Waals surface area (Å²) in [5.41, 5.74) is 0.904. The molecule has 0 radical (unpaired) electrons. The Kier molecular flexibility index (Phi) is 4.79. The van der Waals surface area contributed by atoms with Crippen LogP contribution < -0.4 is 5.32 Å². The zero-order chi connectivity index (χ0) is 22.9. The molecule has 4 aliphatic rings. The van der Waals surface area contributed by atoms with Crippen molar-refractivity contribution in [1.82, 2.24) is 19.5 Å². The largest absolute Gasteiger partial charge is 0.362 e. The molecular weight excluding hydrogens is 447 g/mol. The maximum Gasteiger partial charge on any atom is 0.250 e. The Bertz CT molecular complexity index is 1190. The molecule has 5 atom stereocenters. The number of benzene rings is 1. The van der Waals surface area contributed by atoms with Crippen molar-refractivity contribution in [2.75, 3.05) is 25.5 Å². The molecule has 4 heterocycles. The molecule has 1 saturated carbocycles. The van der Waals surface area contributed by atoms with E-state index in [1.165, 1.54) is 12.4 Å². The van der Waals surface area contributed by atoms with Gasteiger partial charge in [0.05, 0.1) is 29.8 Å². The third-order valence-electron chi connectivity index (χ3n) is 7.09. The van der Waals surface area contributed by atoms with Crippen molar-refractivity contribution in [3.63, 3.8) is 0 Å². The highest BCUT2D eigenvalue weighted by molar-refractivity contribution is 7.95. The van der Waals surface area contributed by atoms with Crippen molar-refractivity contribution in [2.24, 2.45) is 5.92 Å². The van der Waals surface area contributed by atoms with Crippen molar-refractivity contribution < 1.29 is 18.7 Å². The standard InChI is InChI=1S/C22H21FN6O3S/c1-32-22-15(10-2-3-10)16-17-12(18(30)19(31)14(7-24)27-17)6-13(23)20(16)33(22)29-5-4-11(8-29)21-25-9-26-28-21/h6,9-11,14-15,22H,2-5,8H2,1H3,(H-,25,26,27,28,30)/p+1/t11-,14?,15?,22?,33?/m1/s1. The molecule has 3 aliphatic heterocycles. The summed E-state index contributed by atoms with van der Waals surface area (Å²) in [5, 5.41) is 19.3. The van der Waals surface area contributed by atoms with Gasteiger partial charge in [-0.3, -0.25) is 14.7 Å². The quantitative estimate of drug-likeness (QED) is 0.514. The zero-order valence-corrected chi connectivity index (χ0v) is 18.7. The van der Waals surface area contributed by atoms with Crippen molar-refractivity contribution in [2.45, 2.75) is 47.5 Å². The lowest BCUT2D eigenvalue weighted by molar-refractivity contribution is -0.115. The first-order chi connectivity index (χ1) is 16.0. The van der Waals surface area contributed by atoms with Gasteiger partial charge in [-0.1, -0.05) is 0 Å². The van der Waals surface area contributed by atoms with Gasteiger partial charge in [0.1, 0.15) is 23.2 Å². The van der Waals surface area contributed by atoms with Gasteiger partial charge in [-0.2, -0.15) is 10.4 Å². The molecule has 4 unspecified atom stereocenters. The molecule has 2 aromatic rings. The lowest BCUT2D eigenvalue weighted by Crippen LogP contribution is -2.40. The van der Waals surface area contributed by atoms with Crippen molar-refractivity contribution in [1.29, 1.82) is 5.26 Å². The molecule has 1 saturated heterocycles. The fraction of sp³-hybridized carbons (Fsp3) is 0.500. The lowest BCUT2D eigenvalue weighted by Gasteiger charge is -2.24. The number of Topliss-reactive ketones (excluding diaryl/α,β-unsaturated/α-hetero) is 2. The lowest BCUT2D eigenvalue weighted by atomic mass is 9.86. The number of hydrogen-bond donors (Lipinski definition) is 2. The van der Waals surface area contributed by atoms with Gasteiger partial charge in [0.15, 0.2) is 11.9 Å². The molecule has 1 aromatic heterocycles. The Morgan fingerprint density at radius 2 is 2.15 bits per heavy atom. The van der Waals surface area contributed by atoms with Crippen LogP contribution in [0, 0.1) is 23.1 Å². The van der Waals surface area contributed by atoms with Crippen molar-refractivity contribution in [3.8, 4) is 6.07 Å². The molecule has 11 heteroatoms. The molecule has 0 bridgehead atoms. The first kappa shape index (κ1) is 20.8. The van der Waals surface area contributed by atoms with Crippen LogP contribution in [0.1, 0.15) is 52.8 Å². The number of ketones is 2. The highest BCUT2D eigenvalue weighted by atomic mass is 32.2. The number of methoxy groups -OCH3 is 1. The molecule has 1 aromatic carbocycles. The zero-order valence-electron chi connectivity index (χ0n) is 17.9. The van der Waals surface area contributed by atoms with Crippen molar-refractivity contribution in [3.05, 3.63) is 35.2 Å². The predicted octanol–water partition coefficient (Wildman–Crippen LogP) is 1.87. The third-order valence-corrected chi connectivity index (χ3v) is 9.73. The maximum absolute atomic E-state index is 15.7. The molecule has 2 N–H and O–H groups in total. The SMILES string of the molecule is COC1C(C2CC2)c2c3c(cc(F)c2[S+]1N1CC[C@@H](c2ncn[nH]2)C1)C(=O)C(=O)C(C#N)N3. The number of ether oxygens (including phenoxy) is 1. The Hall–Kier alpha value is -2.81. The number of aromatic nitrogens is 3. The van der Waals surface area contributed by atoms with Crippen LogP contribution >= 0.6 is 0 Å². The molecule has 9 nitrogen and oxygen atoms in total. The van der Waals surface area contributed by atoms with Crippen LogP contribution in [-0.4, -0.2) is 62.7 Å². The summed E-state index contributed by atoms with van der Waals surface area (Å²) in [6, 6.07) is 1.78. The van der Waals surface area contributed by atoms with Gasteiger partial charge in [0.25, 0.3) is 5.44 Å². The summed E-state index contributed by atoms with van der Waals surface area (Å²) in [7, 11) is 1.65. The highest BCUT2D eigenvalue weighted by Crippen LogP contribution is 2.58. The molecule has 2 fully saturated rings. The number of nitriles is 1. The summed E-state index contributed by atoms with van der Waals surface area (Å²) in [6.07, 6.45) is 4.37. The number of anilines is 1. The molecule has 0 spiro atoms. The van der Waals surface area contributed by atoms with Crippen LogP contribution in [0.5, 0.6) is 0 Å². The second-order valence-corrected chi connectivity index (χ2v) is 11.0. The van der Waals surface area contributed by atoms with E-state index in [4.69, 9.17) is 4.74 Å². The van der Waals surface area contributed by atoms with E-state index in [1.54, 1.807) is 7.11 Å². The Morgan fingerprint density at radius 3 is 2.82 bits per heavy atom. The summed E-state index contributed by atoms with van der Waals surface area (Å²) >= 11 is -0.696. The van der Waals surface area contributed by atoms with Crippen LogP contribution in [0.25, 0.3) is 0 Å². The molecule has 170 valence electrons. The molecule has 6 rings (SSSR count). The summed E-state index contributed by atoms with van der Waals surface area (Å²) in [6.45, 7) is 1.45. The van der Waals surface area contributed by atoms with Crippen LogP contribution in [0.3, 0.4) is 0 Å². The van der Waals surface area contributed by atoms with Gasteiger partial charge < -0.3 is 10.1 Å². The van der Waals surface area contributed by atoms with E-state index >= 15 is 4.39 Å². The molecule has 0 amide bonds. The van der Waals surface area contributed by atoms with Gasteiger partial charge in [0, 0.05) is 25.1 Å². The molecule has 1 aliphatic carbocycles.